The van der Waals surface area contributed by atoms with Crippen molar-refractivity contribution in [2.24, 2.45) is 11.8 Å². The van der Waals surface area contributed by atoms with Crippen molar-refractivity contribution < 1.29 is 9.59 Å². The van der Waals surface area contributed by atoms with Gasteiger partial charge in [0, 0.05) is 45.0 Å². The van der Waals surface area contributed by atoms with Gasteiger partial charge in [-0.3, -0.25) is 19.4 Å². The van der Waals surface area contributed by atoms with E-state index in [0.29, 0.717) is 18.4 Å². The van der Waals surface area contributed by atoms with E-state index in [0.717, 1.165) is 45.0 Å². The summed E-state index contributed by atoms with van der Waals surface area (Å²) < 4.78 is 0. The van der Waals surface area contributed by atoms with E-state index in [4.69, 9.17) is 0 Å². The van der Waals surface area contributed by atoms with Crippen molar-refractivity contribution in [1.82, 2.24) is 14.7 Å². The molecule has 0 saturated carbocycles. The van der Waals surface area contributed by atoms with Crippen LogP contribution in [-0.4, -0.2) is 78.4 Å². The van der Waals surface area contributed by atoms with Crippen LogP contribution in [0, 0.1) is 11.8 Å². The molecule has 0 spiro atoms. The van der Waals surface area contributed by atoms with E-state index in [-0.39, 0.29) is 17.9 Å². The number of piperazine rings is 1. The van der Waals surface area contributed by atoms with Gasteiger partial charge in [0.1, 0.15) is 0 Å². The molecule has 0 aliphatic carbocycles. The number of hydrogen-bond donors (Lipinski definition) is 1. The Hall–Kier alpha value is -1.92. The van der Waals surface area contributed by atoms with Crippen LogP contribution in [-0.2, 0) is 9.59 Å². The van der Waals surface area contributed by atoms with Gasteiger partial charge < -0.3 is 10.2 Å². The minimum atomic E-state index is -0.179. The van der Waals surface area contributed by atoms with Gasteiger partial charge in [0.15, 0.2) is 0 Å². The highest BCUT2D eigenvalue weighted by Gasteiger charge is 2.29. The summed E-state index contributed by atoms with van der Waals surface area (Å²) in [6.45, 7) is 12.0. The van der Waals surface area contributed by atoms with Crippen LogP contribution >= 0.6 is 0 Å². The molecule has 1 N–H and O–H groups in total. The summed E-state index contributed by atoms with van der Waals surface area (Å²) in [5, 5.41) is 2.98. The second-order valence-electron chi connectivity index (χ2n) is 8.59. The molecule has 2 saturated heterocycles. The largest absolute Gasteiger partial charge is 0.341 e. The average Bonchev–Trinajstić information content (AvgIpc) is 2.68. The second kappa shape index (κ2) is 9.52. The maximum Gasteiger partial charge on any atom is 0.241 e. The molecule has 3 unspecified atom stereocenters. The molecule has 3 atom stereocenters. The van der Waals surface area contributed by atoms with Crippen molar-refractivity contribution in [2.75, 3.05) is 51.1 Å². The molecule has 2 amide bonds. The fourth-order valence-corrected chi connectivity index (χ4v) is 4.40. The first-order valence-corrected chi connectivity index (χ1v) is 10.5. The first-order valence-electron chi connectivity index (χ1n) is 10.5. The van der Waals surface area contributed by atoms with E-state index in [2.05, 4.69) is 29.0 Å². The highest BCUT2D eigenvalue weighted by Crippen LogP contribution is 2.21. The SMILES string of the molecule is CC1CC(C)CN(C(=O)CN2CCN(C(C)C(=O)Nc3ccccc3)CC2)C1. The number of rotatable bonds is 5. The Kier molecular flexibility index (Phi) is 7.08. The quantitative estimate of drug-likeness (QED) is 0.842. The van der Waals surface area contributed by atoms with Gasteiger partial charge in [-0.05, 0) is 37.3 Å². The lowest BCUT2D eigenvalue weighted by Gasteiger charge is -2.39. The fourth-order valence-electron chi connectivity index (χ4n) is 4.40. The molecule has 0 radical (unpaired) electrons. The zero-order valence-corrected chi connectivity index (χ0v) is 17.4. The van der Waals surface area contributed by atoms with Gasteiger partial charge >= 0.3 is 0 Å². The molecule has 28 heavy (non-hydrogen) atoms. The number of nitrogens with one attached hydrogen (secondary N) is 1. The van der Waals surface area contributed by atoms with Crippen LogP contribution < -0.4 is 5.32 Å². The van der Waals surface area contributed by atoms with Gasteiger partial charge in [-0.2, -0.15) is 0 Å². The lowest BCUT2D eigenvalue weighted by Crippen LogP contribution is -2.55. The van der Waals surface area contributed by atoms with Gasteiger partial charge in [-0.1, -0.05) is 32.0 Å². The summed E-state index contributed by atoms with van der Waals surface area (Å²) >= 11 is 0. The number of carbonyl (C=O) groups excluding carboxylic acids is 2. The number of carbonyl (C=O) groups is 2. The normalized spacial score (nSPS) is 25.3. The van der Waals surface area contributed by atoms with E-state index >= 15 is 0 Å². The van der Waals surface area contributed by atoms with Crippen LogP contribution in [0.2, 0.25) is 0 Å². The Bertz CT molecular complexity index is 648. The van der Waals surface area contributed by atoms with Crippen molar-refractivity contribution in [3.63, 3.8) is 0 Å². The van der Waals surface area contributed by atoms with Crippen molar-refractivity contribution in [2.45, 2.75) is 33.2 Å². The van der Waals surface area contributed by atoms with Gasteiger partial charge in [0.2, 0.25) is 11.8 Å². The predicted octanol–water partition coefficient (Wildman–Crippen LogP) is 2.14. The van der Waals surface area contributed by atoms with Crippen molar-refractivity contribution in [3.05, 3.63) is 30.3 Å². The van der Waals surface area contributed by atoms with E-state index in [1.54, 1.807) is 0 Å². The topological polar surface area (TPSA) is 55.9 Å². The summed E-state index contributed by atoms with van der Waals surface area (Å²) in [4.78, 5) is 31.7. The molecule has 2 aliphatic heterocycles. The smallest absolute Gasteiger partial charge is 0.241 e. The third-order valence-corrected chi connectivity index (χ3v) is 5.96. The number of anilines is 1. The van der Waals surface area contributed by atoms with E-state index in [9.17, 15) is 9.59 Å². The van der Waals surface area contributed by atoms with Crippen molar-refractivity contribution >= 4 is 17.5 Å². The van der Waals surface area contributed by atoms with E-state index in [1.807, 2.05) is 42.2 Å². The predicted molar refractivity (Wildman–Crippen MR) is 112 cm³/mol. The number of benzene rings is 1. The van der Waals surface area contributed by atoms with Crippen LogP contribution in [0.3, 0.4) is 0 Å². The van der Waals surface area contributed by atoms with Crippen molar-refractivity contribution in [1.29, 1.82) is 0 Å². The third kappa shape index (κ3) is 5.55. The Labute approximate surface area is 168 Å². The Morgan fingerprint density at radius 2 is 1.64 bits per heavy atom. The molecule has 0 aromatic heterocycles. The maximum absolute atomic E-state index is 12.7. The molecule has 2 aliphatic rings. The van der Waals surface area contributed by atoms with Crippen LogP contribution in [0.15, 0.2) is 30.3 Å². The van der Waals surface area contributed by atoms with Crippen LogP contribution in [0.25, 0.3) is 0 Å². The number of hydrogen-bond acceptors (Lipinski definition) is 4. The summed E-state index contributed by atoms with van der Waals surface area (Å²) in [5.41, 5.74) is 0.827. The molecular weight excluding hydrogens is 352 g/mol. The molecule has 3 rings (SSSR count). The fraction of sp³-hybridized carbons (Fsp3) is 0.636. The third-order valence-electron chi connectivity index (χ3n) is 5.96. The molecule has 2 heterocycles. The summed E-state index contributed by atoms with van der Waals surface area (Å²) in [6, 6.07) is 9.39. The molecule has 1 aromatic carbocycles. The first-order chi connectivity index (χ1) is 13.4. The zero-order chi connectivity index (χ0) is 20.1. The summed E-state index contributed by atoms with van der Waals surface area (Å²) in [7, 11) is 0. The standard InChI is InChI=1S/C22H34N4O2/c1-17-13-18(2)15-26(14-17)21(27)16-24-9-11-25(12-10-24)19(3)22(28)23-20-7-5-4-6-8-20/h4-8,17-19H,9-16H2,1-3H3,(H,23,28). The molecule has 6 nitrogen and oxygen atoms in total. The highest BCUT2D eigenvalue weighted by molar-refractivity contribution is 5.94. The zero-order valence-electron chi connectivity index (χ0n) is 17.4. The number of amides is 2. The minimum Gasteiger partial charge on any atom is -0.341 e. The molecule has 1 aromatic rings. The average molecular weight is 387 g/mol. The maximum atomic E-state index is 12.7. The van der Waals surface area contributed by atoms with Gasteiger partial charge in [-0.15, -0.1) is 0 Å². The molecule has 2 fully saturated rings. The van der Waals surface area contributed by atoms with Gasteiger partial charge in [0.25, 0.3) is 0 Å². The minimum absolute atomic E-state index is 0.0204. The number of nitrogens with zero attached hydrogens (tertiary/aromatic N) is 3. The van der Waals surface area contributed by atoms with Gasteiger partial charge in [-0.25, -0.2) is 0 Å². The monoisotopic (exact) mass is 386 g/mol. The van der Waals surface area contributed by atoms with Crippen LogP contribution in [0.5, 0.6) is 0 Å². The Morgan fingerprint density at radius 3 is 2.25 bits per heavy atom. The van der Waals surface area contributed by atoms with Crippen LogP contribution in [0.4, 0.5) is 5.69 Å². The van der Waals surface area contributed by atoms with Crippen molar-refractivity contribution in [3.8, 4) is 0 Å². The Balaban J connectivity index is 1.43. The summed E-state index contributed by atoms with van der Waals surface area (Å²) in [6.07, 6.45) is 1.21. The van der Waals surface area contributed by atoms with E-state index < -0.39 is 0 Å². The molecular formula is C22H34N4O2. The first kappa shape index (κ1) is 20.8. The lowest BCUT2D eigenvalue weighted by molar-refractivity contribution is -0.136. The summed E-state index contributed by atoms with van der Waals surface area (Å²) in [5.74, 6) is 1.45. The van der Waals surface area contributed by atoms with Gasteiger partial charge in [0.05, 0.1) is 12.6 Å². The number of piperidine rings is 1. The molecule has 0 bridgehead atoms. The molecule has 154 valence electrons. The molecule has 6 heteroatoms. The Morgan fingerprint density at radius 1 is 1.04 bits per heavy atom. The van der Waals surface area contributed by atoms with E-state index in [1.165, 1.54) is 6.42 Å². The van der Waals surface area contributed by atoms with Crippen LogP contribution in [0.1, 0.15) is 27.2 Å². The highest BCUT2D eigenvalue weighted by atomic mass is 16.2. The second-order valence-corrected chi connectivity index (χ2v) is 8.59. The number of para-hydroxylation sites is 1. The number of likely N-dealkylation sites (tertiary alicyclic amines) is 1. The lowest BCUT2D eigenvalue weighted by atomic mass is 9.92.